The molecule has 0 aliphatic carbocycles. The average molecular weight is 299 g/mol. The van der Waals surface area contributed by atoms with Crippen molar-refractivity contribution in [1.82, 2.24) is 4.72 Å². The molecule has 20 heavy (non-hydrogen) atoms. The second kappa shape index (κ2) is 7.16. The lowest BCUT2D eigenvalue weighted by Crippen LogP contribution is -2.29. The van der Waals surface area contributed by atoms with Gasteiger partial charge >= 0.3 is 5.97 Å². The van der Waals surface area contributed by atoms with Crippen LogP contribution < -0.4 is 4.72 Å². The minimum Gasteiger partial charge on any atom is -0.481 e. The highest BCUT2D eigenvalue weighted by Gasteiger charge is 2.15. The quantitative estimate of drug-likeness (QED) is 0.744. The zero-order valence-electron chi connectivity index (χ0n) is 11.1. The molecule has 110 valence electrons. The van der Waals surface area contributed by atoms with Crippen LogP contribution in [0.2, 0.25) is 0 Å². The Bertz CT molecular complexity index is 577. The van der Waals surface area contributed by atoms with Crippen LogP contribution in [0.3, 0.4) is 0 Å². The number of benzene rings is 1. The van der Waals surface area contributed by atoms with E-state index in [1.807, 2.05) is 6.92 Å². The molecular weight excluding hydrogens is 282 g/mol. The molecule has 0 radical (unpaired) electrons. The Morgan fingerprint density at radius 1 is 1.15 bits per heavy atom. The number of carboxylic acids is 1. The molecule has 0 unspecified atom stereocenters. The standard InChI is InChI=1S/C13H17NO5S/c1-2-10-3-6-12(7-4-10)20(18,19)14-9-11(15)5-8-13(16)17/h3-4,6-7,14H,2,5,8-9H2,1H3,(H,16,17). The molecular formula is C13H17NO5S. The molecule has 1 rings (SSSR count). The van der Waals surface area contributed by atoms with Crippen molar-refractivity contribution in [1.29, 1.82) is 0 Å². The normalized spacial score (nSPS) is 11.2. The number of carbonyl (C=O) groups is 2. The van der Waals surface area contributed by atoms with Crippen molar-refractivity contribution in [3.8, 4) is 0 Å². The molecule has 7 heteroatoms. The van der Waals surface area contributed by atoms with Crippen molar-refractivity contribution in [3.63, 3.8) is 0 Å². The van der Waals surface area contributed by atoms with Crippen LogP contribution in [0.25, 0.3) is 0 Å². The minimum atomic E-state index is -3.74. The lowest BCUT2D eigenvalue weighted by molar-refractivity contribution is -0.138. The van der Waals surface area contributed by atoms with Gasteiger partial charge in [0.05, 0.1) is 17.9 Å². The molecule has 0 aliphatic rings. The minimum absolute atomic E-state index is 0.0840. The summed E-state index contributed by atoms with van der Waals surface area (Å²) in [5.74, 6) is -1.54. The van der Waals surface area contributed by atoms with Crippen LogP contribution in [0.15, 0.2) is 29.2 Å². The number of aryl methyl sites for hydroxylation is 1. The number of hydrogen-bond donors (Lipinski definition) is 2. The van der Waals surface area contributed by atoms with Gasteiger partial charge in [0.2, 0.25) is 10.0 Å². The Morgan fingerprint density at radius 3 is 2.25 bits per heavy atom. The third kappa shape index (κ3) is 5.10. The number of Topliss-reactive ketones (excluding diaryl/α,β-unsaturated/α-hetero) is 1. The summed E-state index contributed by atoms with van der Waals surface area (Å²) in [4.78, 5) is 21.7. The molecule has 0 bridgehead atoms. The summed E-state index contributed by atoms with van der Waals surface area (Å²) in [5.41, 5.74) is 1.02. The van der Waals surface area contributed by atoms with Crippen LogP contribution in [0.5, 0.6) is 0 Å². The van der Waals surface area contributed by atoms with Crippen LogP contribution in [0.4, 0.5) is 0 Å². The first kappa shape index (κ1) is 16.3. The van der Waals surface area contributed by atoms with E-state index < -0.39 is 28.3 Å². The molecule has 0 aromatic heterocycles. The fourth-order valence-corrected chi connectivity index (χ4v) is 2.51. The number of ketones is 1. The molecule has 0 aliphatic heterocycles. The summed E-state index contributed by atoms with van der Waals surface area (Å²) < 4.78 is 26.0. The summed E-state index contributed by atoms with van der Waals surface area (Å²) in [6.45, 7) is 1.56. The summed E-state index contributed by atoms with van der Waals surface area (Å²) in [5, 5.41) is 8.43. The molecule has 6 nitrogen and oxygen atoms in total. The van der Waals surface area contributed by atoms with Crippen LogP contribution in [-0.2, 0) is 26.0 Å². The van der Waals surface area contributed by atoms with Gasteiger partial charge in [-0.25, -0.2) is 13.1 Å². The third-order valence-electron chi connectivity index (χ3n) is 2.72. The second-order valence-electron chi connectivity index (χ2n) is 4.25. The molecule has 0 spiro atoms. The Morgan fingerprint density at radius 2 is 1.75 bits per heavy atom. The molecule has 0 amide bonds. The van der Waals surface area contributed by atoms with Gasteiger partial charge in [-0.2, -0.15) is 0 Å². The van der Waals surface area contributed by atoms with Crippen LogP contribution in [0.1, 0.15) is 25.3 Å². The van der Waals surface area contributed by atoms with Gasteiger partial charge in [0.25, 0.3) is 0 Å². The van der Waals surface area contributed by atoms with Crippen molar-refractivity contribution >= 4 is 21.8 Å². The predicted octanol–water partition coefficient (Wildman–Crippen LogP) is 0.961. The van der Waals surface area contributed by atoms with Crippen molar-refractivity contribution in [2.75, 3.05) is 6.54 Å². The maximum Gasteiger partial charge on any atom is 0.303 e. The van der Waals surface area contributed by atoms with E-state index in [0.717, 1.165) is 12.0 Å². The van der Waals surface area contributed by atoms with E-state index in [1.165, 1.54) is 12.1 Å². The van der Waals surface area contributed by atoms with Crippen LogP contribution in [-0.4, -0.2) is 31.8 Å². The molecule has 0 atom stereocenters. The van der Waals surface area contributed by atoms with E-state index >= 15 is 0 Å². The predicted molar refractivity (Wildman–Crippen MR) is 72.9 cm³/mol. The van der Waals surface area contributed by atoms with Crippen molar-refractivity contribution < 1.29 is 23.1 Å². The Hall–Kier alpha value is -1.73. The largest absolute Gasteiger partial charge is 0.481 e. The number of hydrogen-bond acceptors (Lipinski definition) is 4. The number of nitrogens with one attached hydrogen (secondary N) is 1. The van der Waals surface area contributed by atoms with Gasteiger partial charge in [-0.05, 0) is 24.1 Å². The van der Waals surface area contributed by atoms with E-state index in [0.29, 0.717) is 0 Å². The van der Waals surface area contributed by atoms with Crippen molar-refractivity contribution in [2.24, 2.45) is 0 Å². The first-order valence-electron chi connectivity index (χ1n) is 6.17. The third-order valence-corrected chi connectivity index (χ3v) is 4.14. The van der Waals surface area contributed by atoms with Gasteiger partial charge in [0.15, 0.2) is 0 Å². The first-order chi connectivity index (χ1) is 9.35. The fraction of sp³-hybridized carbons (Fsp3) is 0.385. The Kier molecular flexibility index (Phi) is 5.84. The highest BCUT2D eigenvalue weighted by molar-refractivity contribution is 7.89. The molecule has 0 saturated carbocycles. The lowest BCUT2D eigenvalue weighted by Gasteiger charge is -2.06. The number of carbonyl (C=O) groups excluding carboxylic acids is 1. The SMILES string of the molecule is CCc1ccc(S(=O)(=O)NCC(=O)CCC(=O)O)cc1. The molecule has 1 aromatic carbocycles. The van der Waals surface area contributed by atoms with Crippen LogP contribution >= 0.6 is 0 Å². The molecule has 0 saturated heterocycles. The van der Waals surface area contributed by atoms with Gasteiger partial charge in [0, 0.05) is 6.42 Å². The number of carboxylic acid groups (broad SMARTS) is 1. The van der Waals surface area contributed by atoms with E-state index in [-0.39, 0.29) is 17.7 Å². The lowest BCUT2D eigenvalue weighted by atomic mass is 10.2. The van der Waals surface area contributed by atoms with E-state index in [1.54, 1.807) is 12.1 Å². The Labute approximate surface area is 117 Å². The second-order valence-corrected chi connectivity index (χ2v) is 6.02. The monoisotopic (exact) mass is 299 g/mol. The zero-order chi connectivity index (χ0) is 15.2. The summed E-state index contributed by atoms with van der Waals surface area (Å²) in [6, 6.07) is 6.37. The van der Waals surface area contributed by atoms with Crippen molar-refractivity contribution in [3.05, 3.63) is 29.8 Å². The van der Waals surface area contributed by atoms with Gasteiger partial charge < -0.3 is 5.11 Å². The first-order valence-corrected chi connectivity index (χ1v) is 7.65. The van der Waals surface area contributed by atoms with Gasteiger partial charge in [0.1, 0.15) is 5.78 Å². The summed E-state index contributed by atoms with van der Waals surface area (Å²) in [7, 11) is -3.74. The average Bonchev–Trinajstić information content (AvgIpc) is 2.43. The van der Waals surface area contributed by atoms with E-state index in [2.05, 4.69) is 4.72 Å². The number of aliphatic carboxylic acids is 1. The number of sulfonamides is 1. The Balaban J connectivity index is 2.60. The summed E-state index contributed by atoms with van der Waals surface area (Å²) >= 11 is 0. The van der Waals surface area contributed by atoms with Crippen LogP contribution in [0, 0.1) is 0 Å². The number of rotatable bonds is 8. The molecule has 1 aromatic rings. The van der Waals surface area contributed by atoms with E-state index in [4.69, 9.17) is 5.11 Å². The topological polar surface area (TPSA) is 101 Å². The maximum absolute atomic E-state index is 11.9. The van der Waals surface area contributed by atoms with Gasteiger partial charge in [-0.3, -0.25) is 9.59 Å². The summed E-state index contributed by atoms with van der Waals surface area (Å²) in [6.07, 6.45) is 0.319. The van der Waals surface area contributed by atoms with Crippen molar-refractivity contribution in [2.45, 2.75) is 31.1 Å². The highest BCUT2D eigenvalue weighted by Crippen LogP contribution is 2.10. The molecule has 2 N–H and O–H groups in total. The van der Waals surface area contributed by atoms with Gasteiger partial charge in [-0.1, -0.05) is 19.1 Å². The fourth-order valence-electron chi connectivity index (χ4n) is 1.50. The molecule has 0 fully saturated rings. The smallest absolute Gasteiger partial charge is 0.303 e. The van der Waals surface area contributed by atoms with Gasteiger partial charge in [-0.15, -0.1) is 0 Å². The zero-order valence-corrected chi connectivity index (χ0v) is 11.9. The molecule has 0 heterocycles. The van der Waals surface area contributed by atoms with E-state index in [9.17, 15) is 18.0 Å². The highest BCUT2D eigenvalue weighted by atomic mass is 32.2. The maximum atomic E-state index is 11.9.